The van der Waals surface area contributed by atoms with Crippen LogP contribution in [-0.4, -0.2) is 42.1 Å². The smallest absolute Gasteiger partial charge is 0.274 e. The normalized spacial score (nSPS) is 16.4. The number of benzene rings is 2. The molecular weight excluding hydrogens is 487 g/mol. The Morgan fingerprint density at radius 1 is 1.08 bits per heavy atom. The van der Waals surface area contributed by atoms with Gasteiger partial charge in [-0.25, -0.2) is 9.37 Å². The van der Waals surface area contributed by atoms with Gasteiger partial charge in [0.1, 0.15) is 17.2 Å². The first-order valence-electron chi connectivity index (χ1n) is 12.0. The summed E-state index contributed by atoms with van der Waals surface area (Å²) in [6.45, 7) is 0. The first kappa shape index (κ1) is 23.6. The molecule has 5 aromatic rings. The molecule has 1 aliphatic rings. The van der Waals surface area contributed by atoms with Gasteiger partial charge in [-0.3, -0.25) is 18.7 Å². The van der Waals surface area contributed by atoms with Crippen molar-refractivity contribution >= 4 is 23.1 Å². The van der Waals surface area contributed by atoms with Crippen molar-refractivity contribution in [1.82, 2.24) is 24.5 Å². The number of anilines is 1. The number of halogens is 1. The first-order valence-corrected chi connectivity index (χ1v) is 12.0. The molecule has 10 heteroatoms. The lowest BCUT2D eigenvalue weighted by atomic mass is 10.1. The van der Waals surface area contributed by atoms with E-state index in [9.17, 15) is 19.1 Å². The van der Waals surface area contributed by atoms with E-state index < -0.39 is 29.8 Å². The lowest BCUT2D eigenvalue weighted by molar-refractivity contribution is 0.0858. The molecule has 3 heterocycles. The van der Waals surface area contributed by atoms with E-state index in [-0.39, 0.29) is 16.9 Å². The van der Waals surface area contributed by atoms with E-state index in [4.69, 9.17) is 0 Å². The molecule has 1 unspecified atom stereocenters. The van der Waals surface area contributed by atoms with Crippen LogP contribution in [0.2, 0.25) is 0 Å². The Labute approximate surface area is 216 Å². The molecule has 2 atom stereocenters. The number of pyridine rings is 1. The average molecular weight is 511 g/mol. The SMILES string of the molecule is Cn1nccc1-c1ccn2c(C(=O)Nc3cc(C(=O)NC4Cc5ccccc5[C@@H]4O)ccc3F)cnc2c1. The summed E-state index contributed by atoms with van der Waals surface area (Å²) in [7, 11) is 1.84. The summed E-state index contributed by atoms with van der Waals surface area (Å²) >= 11 is 0. The minimum Gasteiger partial charge on any atom is -0.386 e. The second-order valence-electron chi connectivity index (χ2n) is 9.20. The van der Waals surface area contributed by atoms with Crippen molar-refractivity contribution in [3.63, 3.8) is 0 Å². The number of nitrogens with zero attached hydrogens (tertiary/aromatic N) is 4. The maximum Gasteiger partial charge on any atom is 0.274 e. The van der Waals surface area contributed by atoms with Gasteiger partial charge in [-0.1, -0.05) is 24.3 Å². The van der Waals surface area contributed by atoms with Gasteiger partial charge in [-0.2, -0.15) is 5.10 Å². The predicted molar refractivity (Wildman–Crippen MR) is 138 cm³/mol. The molecule has 6 rings (SSSR count). The highest BCUT2D eigenvalue weighted by Gasteiger charge is 2.32. The van der Waals surface area contributed by atoms with Crippen LogP contribution in [0.4, 0.5) is 10.1 Å². The molecule has 0 fully saturated rings. The molecule has 0 radical (unpaired) electrons. The van der Waals surface area contributed by atoms with Gasteiger partial charge in [0, 0.05) is 30.6 Å². The second kappa shape index (κ2) is 9.24. The summed E-state index contributed by atoms with van der Waals surface area (Å²) in [4.78, 5) is 30.3. The van der Waals surface area contributed by atoms with E-state index in [1.165, 1.54) is 18.3 Å². The van der Waals surface area contributed by atoms with Gasteiger partial charge >= 0.3 is 0 Å². The summed E-state index contributed by atoms with van der Waals surface area (Å²) in [6, 6.07) is 16.2. The Balaban J connectivity index is 1.20. The third kappa shape index (κ3) is 4.10. The molecule has 0 saturated carbocycles. The van der Waals surface area contributed by atoms with Gasteiger partial charge in [-0.05, 0) is 53.9 Å². The molecule has 190 valence electrons. The van der Waals surface area contributed by atoms with Crippen LogP contribution in [0.15, 0.2) is 79.3 Å². The van der Waals surface area contributed by atoms with Crippen LogP contribution in [0.5, 0.6) is 0 Å². The van der Waals surface area contributed by atoms with Crippen LogP contribution >= 0.6 is 0 Å². The Bertz CT molecular complexity index is 1710. The van der Waals surface area contributed by atoms with Crippen molar-refractivity contribution in [2.75, 3.05) is 5.32 Å². The fourth-order valence-corrected chi connectivity index (χ4v) is 4.87. The second-order valence-corrected chi connectivity index (χ2v) is 9.20. The number of aryl methyl sites for hydroxylation is 1. The van der Waals surface area contributed by atoms with Crippen LogP contribution < -0.4 is 10.6 Å². The quantitative estimate of drug-likeness (QED) is 0.335. The van der Waals surface area contributed by atoms with Crippen LogP contribution in [0.3, 0.4) is 0 Å². The molecular formula is C28H23FN6O3. The Morgan fingerprint density at radius 3 is 2.71 bits per heavy atom. The number of aliphatic hydroxyl groups excluding tert-OH is 1. The van der Waals surface area contributed by atoms with Crippen LogP contribution in [0.25, 0.3) is 16.9 Å². The summed E-state index contributed by atoms with van der Waals surface area (Å²) in [6.07, 6.45) is 4.48. The topological polar surface area (TPSA) is 114 Å². The van der Waals surface area contributed by atoms with E-state index in [0.717, 1.165) is 28.5 Å². The monoisotopic (exact) mass is 510 g/mol. The van der Waals surface area contributed by atoms with E-state index in [2.05, 4.69) is 20.7 Å². The number of carbonyl (C=O) groups excluding carboxylic acids is 2. The standard InChI is InChI=1S/C28H23FN6O3/c1-34-23(8-10-31-34)17-9-11-35-24(15-30-25(35)14-17)28(38)32-21-13-18(6-7-20(21)29)27(37)33-22-12-16-4-2-3-5-19(16)26(22)36/h2-11,13-15,22,26,36H,12H2,1H3,(H,32,38)(H,33,37)/t22?,26-/m0/s1. The van der Waals surface area contributed by atoms with Crippen molar-refractivity contribution in [1.29, 1.82) is 0 Å². The molecule has 3 aromatic heterocycles. The molecule has 0 bridgehead atoms. The highest BCUT2D eigenvalue weighted by molar-refractivity contribution is 6.04. The van der Waals surface area contributed by atoms with Crippen molar-refractivity contribution in [3.05, 3.63) is 107 Å². The number of aromatic nitrogens is 4. The summed E-state index contributed by atoms with van der Waals surface area (Å²) < 4.78 is 18.0. The highest BCUT2D eigenvalue weighted by Crippen LogP contribution is 2.31. The average Bonchev–Trinajstić information content (AvgIpc) is 3.62. The van der Waals surface area contributed by atoms with Crippen molar-refractivity contribution in [2.24, 2.45) is 7.05 Å². The molecule has 0 saturated heterocycles. The molecule has 9 nitrogen and oxygen atoms in total. The van der Waals surface area contributed by atoms with Gasteiger partial charge in [0.05, 0.1) is 29.7 Å². The van der Waals surface area contributed by atoms with Gasteiger partial charge in [0.25, 0.3) is 11.8 Å². The van der Waals surface area contributed by atoms with E-state index in [0.29, 0.717) is 12.1 Å². The molecule has 38 heavy (non-hydrogen) atoms. The van der Waals surface area contributed by atoms with Crippen molar-refractivity contribution in [3.8, 4) is 11.3 Å². The highest BCUT2D eigenvalue weighted by atomic mass is 19.1. The maximum atomic E-state index is 14.6. The summed E-state index contributed by atoms with van der Waals surface area (Å²) in [5, 5.41) is 20.1. The maximum absolute atomic E-state index is 14.6. The molecule has 0 aliphatic heterocycles. The van der Waals surface area contributed by atoms with Gasteiger partial charge in [0.2, 0.25) is 0 Å². The molecule has 2 amide bonds. The Kier molecular flexibility index (Phi) is 5.73. The third-order valence-electron chi connectivity index (χ3n) is 6.85. The predicted octanol–water partition coefficient (Wildman–Crippen LogP) is 3.51. The number of fused-ring (bicyclic) bond motifs is 2. The number of nitrogens with one attached hydrogen (secondary N) is 2. The van der Waals surface area contributed by atoms with Gasteiger partial charge in [0.15, 0.2) is 0 Å². The lowest BCUT2D eigenvalue weighted by Gasteiger charge is -2.17. The zero-order chi connectivity index (χ0) is 26.4. The zero-order valence-corrected chi connectivity index (χ0v) is 20.3. The summed E-state index contributed by atoms with van der Waals surface area (Å²) in [5.74, 6) is -1.74. The van der Waals surface area contributed by atoms with Crippen LogP contribution in [0.1, 0.15) is 38.1 Å². The number of carbonyl (C=O) groups is 2. The Hall–Kier alpha value is -4.83. The van der Waals surface area contributed by atoms with Crippen molar-refractivity contribution < 1.29 is 19.1 Å². The minimum atomic E-state index is -0.830. The molecule has 1 aliphatic carbocycles. The first-order chi connectivity index (χ1) is 18.4. The van der Waals surface area contributed by atoms with Crippen molar-refractivity contribution in [2.45, 2.75) is 18.6 Å². The fourth-order valence-electron chi connectivity index (χ4n) is 4.87. The van der Waals surface area contributed by atoms with Gasteiger partial charge in [-0.15, -0.1) is 0 Å². The largest absolute Gasteiger partial charge is 0.386 e. The number of hydrogen-bond donors (Lipinski definition) is 3. The molecule has 2 aromatic carbocycles. The zero-order valence-electron chi connectivity index (χ0n) is 20.3. The van der Waals surface area contributed by atoms with Crippen LogP contribution in [-0.2, 0) is 13.5 Å². The van der Waals surface area contributed by atoms with Crippen LogP contribution in [0, 0.1) is 5.82 Å². The van der Waals surface area contributed by atoms with E-state index in [1.54, 1.807) is 21.5 Å². The van der Waals surface area contributed by atoms with E-state index in [1.807, 2.05) is 49.5 Å². The number of hydrogen-bond acceptors (Lipinski definition) is 5. The lowest BCUT2D eigenvalue weighted by Crippen LogP contribution is -2.37. The fraction of sp³-hybridized carbons (Fsp3) is 0.143. The third-order valence-corrected chi connectivity index (χ3v) is 6.85. The van der Waals surface area contributed by atoms with Gasteiger partial charge < -0.3 is 15.7 Å². The number of imidazole rings is 1. The minimum absolute atomic E-state index is 0.139. The number of aliphatic hydroxyl groups is 1. The van der Waals surface area contributed by atoms with E-state index >= 15 is 0 Å². The Morgan fingerprint density at radius 2 is 1.92 bits per heavy atom. The number of rotatable bonds is 5. The summed E-state index contributed by atoms with van der Waals surface area (Å²) in [5.41, 5.74) is 4.30. The molecule has 0 spiro atoms. The number of amides is 2. The molecule has 3 N–H and O–H groups in total.